The fraction of sp³-hybridized carbons (Fsp3) is 0.400. The smallest absolute Gasteiger partial charge is 0.269 e. The number of carbonyl (C=O) groups excluding carboxylic acids is 2. The van der Waals surface area contributed by atoms with Crippen LogP contribution in [0.4, 0.5) is 0 Å². The Kier molecular flexibility index (Phi) is 7.88. The zero-order chi connectivity index (χ0) is 19.6. The first-order valence-electron chi connectivity index (χ1n) is 9.00. The summed E-state index contributed by atoms with van der Waals surface area (Å²) in [5, 5.41) is 2.84. The lowest BCUT2D eigenvalue weighted by atomic mass is 10.1. The number of nitrogens with zero attached hydrogens (tertiary/aromatic N) is 4. The number of likely N-dealkylation sites (N-methyl/N-ethyl adjacent to an activating group) is 1. The number of amides is 2. The first kappa shape index (κ1) is 20.5. The Morgan fingerprint density at radius 1 is 1.04 bits per heavy atom. The molecule has 2 rings (SSSR count). The van der Waals surface area contributed by atoms with Gasteiger partial charge >= 0.3 is 0 Å². The van der Waals surface area contributed by atoms with Crippen molar-refractivity contribution in [2.75, 3.05) is 40.8 Å². The number of carbonyl (C=O) groups is 2. The summed E-state index contributed by atoms with van der Waals surface area (Å²) in [6.07, 6.45) is 6.58. The zero-order valence-corrected chi connectivity index (χ0v) is 16.2. The number of aromatic nitrogens is 2. The van der Waals surface area contributed by atoms with Crippen LogP contribution in [0.5, 0.6) is 0 Å². The predicted molar refractivity (Wildman–Crippen MR) is 105 cm³/mol. The minimum atomic E-state index is -0.261. The van der Waals surface area contributed by atoms with Gasteiger partial charge in [0.2, 0.25) is 0 Å². The molecule has 0 saturated heterocycles. The molecule has 27 heavy (non-hydrogen) atoms. The molecule has 0 saturated carbocycles. The minimum absolute atomic E-state index is 0.131. The Morgan fingerprint density at radius 2 is 1.78 bits per heavy atom. The number of hydrogen-bond donors (Lipinski definition) is 1. The van der Waals surface area contributed by atoms with Gasteiger partial charge in [0, 0.05) is 44.3 Å². The average Bonchev–Trinajstić information content (AvgIpc) is 2.69. The Hall–Kier alpha value is -2.80. The quantitative estimate of drug-likeness (QED) is 0.677. The van der Waals surface area contributed by atoms with Crippen molar-refractivity contribution in [3.8, 4) is 0 Å². The van der Waals surface area contributed by atoms with Crippen LogP contribution >= 0.6 is 0 Å². The van der Waals surface area contributed by atoms with Crippen LogP contribution < -0.4 is 5.32 Å². The molecule has 0 aromatic carbocycles. The van der Waals surface area contributed by atoms with E-state index in [1.54, 1.807) is 36.5 Å². The molecule has 0 unspecified atom stereocenters. The van der Waals surface area contributed by atoms with Crippen molar-refractivity contribution in [2.45, 2.75) is 12.8 Å². The molecule has 2 aromatic rings. The maximum Gasteiger partial charge on any atom is 0.269 e. The van der Waals surface area contributed by atoms with Gasteiger partial charge in [0.1, 0.15) is 5.69 Å². The van der Waals surface area contributed by atoms with Crippen LogP contribution in [0.15, 0.2) is 42.9 Å². The van der Waals surface area contributed by atoms with Crippen LogP contribution in [0, 0.1) is 0 Å². The highest BCUT2D eigenvalue weighted by molar-refractivity contribution is 5.98. The van der Waals surface area contributed by atoms with Gasteiger partial charge in [-0.25, -0.2) is 0 Å². The van der Waals surface area contributed by atoms with Gasteiger partial charge in [-0.2, -0.15) is 0 Å². The third kappa shape index (κ3) is 6.79. The molecule has 0 spiro atoms. The van der Waals surface area contributed by atoms with Crippen LogP contribution in [0.2, 0.25) is 0 Å². The van der Waals surface area contributed by atoms with Crippen molar-refractivity contribution in [2.24, 2.45) is 0 Å². The van der Waals surface area contributed by atoms with Gasteiger partial charge in [-0.05, 0) is 63.3 Å². The zero-order valence-electron chi connectivity index (χ0n) is 16.2. The number of hydrogen-bond acceptors (Lipinski definition) is 5. The Bertz CT molecular complexity index is 749. The average molecular weight is 369 g/mol. The van der Waals surface area contributed by atoms with E-state index in [9.17, 15) is 9.59 Å². The largest absolute Gasteiger partial charge is 0.351 e. The van der Waals surface area contributed by atoms with E-state index in [4.69, 9.17) is 0 Å². The lowest BCUT2D eigenvalue weighted by Crippen LogP contribution is -2.30. The molecule has 7 nitrogen and oxygen atoms in total. The molecule has 0 aliphatic rings. The Morgan fingerprint density at radius 3 is 2.48 bits per heavy atom. The summed E-state index contributed by atoms with van der Waals surface area (Å²) in [6, 6.07) is 7.05. The molecule has 1 N–H and O–H groups in total. The molecule has 2 amide bonds. The second-order valence-electron chi connectivity index (χ2n) is 6.67. The molecular formula is C20H27N5O2. The number of rotatable bonds is 9. The standard InChI is InChI=1S/C20H27N5O2/c1-24(2)13-4-9-23-19(26)18-15-17(7-12-22-18)20(27)25(3)14-8-16-5-10-21-11-6-16/h5-7,10-12,15H,4,8-9,13-14H2,1-3H3,(H,23,26). The summed E-state index contributed by atoms with van der Waals surface area (Å²) in [6.45, 7) is 2.05. The fourth-order valence-corrected chi connectivity index (χ4v) is 2.54. The lowest BCUT2D eigenvalue weighted by Gasteiger charge is -2.17. The monoisotopic (exact) mass is 369 g/mol. The first-order valence-corrected chi connectivity index (χ1v) is 9.00. The van der Waals surface area contributed by atoms with E-state index in [0.29, 0.717) is 18.7 Å². The Labute approximate surface area is 160 Å². The summed E-state index contributed by atoms with van der Waals surface area (Å²) in [5.41, 5.74) is 1.84. The number of pyridine rings is 2. The number of nitrogens with one attached hydrogen (secondary N) is 1. The molecule has 0 fully saturated rings. The highest BCUT2D eigenvalue weighted by atomic mass is 16.2. The maximum absolute atomic E-state index is 12.6. The van der Waals surface area contributed by atoms with Gasteiger partial charge in [-0.1, -0.05) is 0 Å². The SMILES string of the molecule is CN(C)CCCNC(=O)c1cc(C(=O)N(C)CCc2ccncc2)ccn1. The molecule has 2 heterocycles. The van der Waals surface area contributed by atoms with E-state index in [2.05, 4.69) is 20.2 Å². The third-order valence-corrected chi connectivity index (χ3v) is 4.14. The van der Waals surface area contributed by atoms with Gasteiger partial charge < -0.3 is 15.1 Å². The van der Waals surface area contributed by atoms with Crippen molar-refractivity contribution in [3.05, 3.63) is 59.7 Å². The van der Waals surface area contributed by atoms with E-state index < -0.39 is 0 Å². The molecule has 7 heteroatoms. The molecule has 0 atom stereocenters. The highest BCUT2D eigenvalue weighted by Crippen LogP contribution is 2.07. The van der Waals surface area contributed by atoms with Crippen molar-refractivity contribution in [3.63, 3.8) is 0 Å². The molecule has 144 valence electrons. The fourth-order valence-electron chi connectivity index (χ4n) is 2.54. The van der Waals surface area contributed by atoms with Crippen LogP contribution in [0.3, 0.4) is 0 Å². The summed E-state index contributed by atoms with van der Waals surface area (Å²) in [4.78, 5) is 36.6. The van der Waals surface area contributed by atoms with Crippen molar-refractivity contribution in [1.29, 1.82) is 0 Å². The third-order valence-electron chi connectivity index (χ3n) is 4.14. The second-order valence-corrected chi connectivity index (χ2v) is 6.67. The summed E-state index contributed by atoms with van der Waals surface area (Å²) >= 11 is 0. The van der Waals surface area contributed by atoms with E-state index in [1.165, 1.54) is 6.20 Å². The molecule has 0 aliphatic carbocycles. The molecule has 0 radical (unpaired) electrons. The van der Waals surface area contributed by atoms with Gasteiger partial charge in [0.15, 0.2) is 0 Å². The van der Waals surface area contributed by atoms with E-state index in [-0.39, 0.29) is 17.5 Å². The van der Waals surface area contributed by atoms with Crippen molar-refractivity contribution < 1.29 is 9.59 Å². The summed E-state index contributed by atoms with van der Waals surface area (Å²) in [7, 11) is 5.73. The van der Waals surface area contributed by atoms with Crippen molar-refractivity contribution >= 4 is 11.8 Å². The molecule has 0 bridgehead atoms. The topological polar surface area (TPSA) is 78.4 Å². The summed E-state index contributed by atoms with van der Waals surface area (Å²) in [5.74, 6) is -0.393. The Balaban J connectivity index is 1.90. The predicted octanol–water partition coefficient (Wildman–Crippen LogP) is 1.47. The van der Waals surface area contributed by atoms with Crippen molar-refractivity contribution in [1.82, 2.24) is 25.1 Å². The van der Waals surface area contributed by atoms with Crippen LogP contribution in [0.25, 0.3) is 0 Å². The van der Waals surface area contributed by atoms with Gasteiger partial charge in [0.05, 0.1) is 0 Å². The summed E-state index contributed by atoms with van der Waals surface area (Å²) < 4.78 is 0. The van der Waals surface area contributed by atoms with E-state index >= 15 is 0 Å². The lowest BCUT2D eigenvalue weighted by molar-refractivity contribution is 0.0796. The maximum atomic E-state index is 12.6. The second kappa shape index (κ2) is 10.4. The van der Waals surface area contributed by atoms with Crippen LogP contribution in [-0.2, 0) is 6.42 Å². The van der Waals surface area contributed by atoms with E-state index in [0.717, 1.165) is 24.9 Å². The van der Waals surface area contributed by atoms with Crippen LogP contribution in [0.1, 0.15) is 32.8 Å². The van der Waals surface area contributed by atoms with Gasteiger partial charge in [-0.3, -0.25) is 19.6 Å². The van der Waals surface area contributed by atoms with Gasteiger partial charge in [-0.15, -0.1) is 0 Å². The first-order chi connectivity index (χ1) is 13.0. The van der Waals surface area contributed by atoms with Crippen LogP contribution in [-0.4, -0.2) is 72.4 Å². The molecule has 2 aromatic heterocycles. The van der Waals surface area contributed by atoms with Gasteiger partial charge in [0.25, 0.3) is 11.8 Å². The normalized spacial score (nSPS) is 10.7. The van der Waals surface area contributed by atoms with E-state index in [1.807, 2.05) is 26.2 Å². The minimum Gasteiger partial charge on any atom is -0.351 e. The highest BCUT2D eigenvalue weighted by Gasteiger charge is 2.15. The molecule has 0 aliphatic heterocycles. The molecular weight excluding hydrogens is 342 g/mol.